The molecule has 0 aliphatic carbocycles. The van der Waals surface area contributed by atoms with E-state index in [1.54, 1.807) is 12.1 Å². The van der Waals surface area contributed by atoms with Crippen LogP contribution in [0, 0.1) is 5.95 Å². The average Bonchev–Trinajstić information content (AvgIpc) is 2.62. The molecule has 1 fully saturated rings. The Bertz CT molecular complexity index is 949. The van der Waals surface area contributed by atoms with E-state index in [0.29, 0.717) is 29.1 Å². The van der Waals surface area contributed by atoms with Crippen molar-refractivity contribution in [3.05, 3.63) is 64.6 Å². The molecule has 0 saturated carbocycles. The van der Waals surface area contributed by atoms with Crippen LogP contribution >= 0.6 is 0 Å². The molecule has 1 saturated heterocycles. The third kappa shape index (κ3) is 3.36. The zero-order valence-corrected chi connectivity index (χ0v) is 13.7. The third-order valence-electron chi connectivity index (χ3n) is 4.43. The molecule has 6 nitrogen and oxygen atoms in total. The second-order valence-electron chi connectivity index (χ2n) is 6.11. The highest BCUT2D eigenvalue weighted by Gasteiger charge is 2.19. The minimum atomic E-state index is -0.460. The molecular weight excluding hydrogens is 321 g/mol. The minimum absolute atomic E-state index is 0.108. The highest BCUT2D eigenvalue weighted by atomic mass is 19.1. The zero-order chi connectivity index (χ0) is 17.2. The van der Waals surface area contributed by atoms with Crippen molar-refractivity contribution in [2.45, 2.75) is 6.54 Å². The molecule has 0 radical (unpaired) electrons. The Morgan fingerprint density at radius 3 is 2.60 bits per heavy atom. The van der Waals surface area contributed by atoms with Crippen LogP contribution in [0.3, 0.4) is 0 Å². The van der Waals surface area contributed by atoms with E-state index >= 15 is 0 Å². The zero-order valence-electron chi connectivity index (χ0n) is 13.7. The Kier molecular flexibility index (Phi) is 4.15. The van der Waals surface area contributed by atoms with Crippen LogP contribution < -0.4 is 10.5 Å². The van der Waals surface area contributed by atoms with Crippen molar-refractivity contribution in [1.29, 1.82) is 0 Å². The smallest absolute Gasteiger partial charge is 0.258 e. The van der Waals surface area contributed by atoms with E-state index in [4.69, 9.17) is 0 Å². The van der Waals surface area contributed by atoms with Crippen LogP contribution in [-0.4, -0.2) is 46.0 Å². The monoisotopic (exact) mass is 339 g/mol. The Morgan fingerprint density at radius 2 is 1.80 bits per heavy atom. The molecule has 1 aliphatic rings. The maximum absolute atomic E-state index is 13.3. The van der Waals surface area contributed by atoms with Crippen molar-refractivity contribution in [2.24, 2.45) is 0 Å². The maximum atomic E-state index is 13.3. The number of aromatic nitrogens is 3. The van der Waals surface area contributed by atoms with Gasteiger partial charge >= 0.3 is 0 Å². The number of aromatic amines is 1. The summed E-state index contributed by atoms with van der Waals surface area (Å²) in [6, 6.07) is 12.2. The molecule has 3 heterocycles. The fourth-order valence-corrected chi connectivity index (χ4v) is 3.13. The van der Waals surface area contributed by atoms with Crippen LogP contribution in [0.5, 0.6) is 0 Å². The van der Waals surface area contributed by atoms with Gasteiger partial charge in [0.05, 0.1) is 17.4 Å². The van der Waals surface area contributed by atoms with Crippen molar-refractivity contribution >= 4 is 16.7 Å². The number of rotatable bonds is 3. The van der Waals surface area contributed by atoms with Crippen LogP contribution in [0.2, 0.25) is 0 Å². The molecule has 0 amide bonds. The van der Waals surface area contributed by atoms with Crippen molar-refractivity contribution in [1.82, 2.24) is 19.9 Å². The van der Waals surface area contributed by atoms with Gasteiger partial charge in [-0.05, 0) is 24.3 Å². The summed E-state index contributed by atoms with van der Waals surface area (Å²) in [5.41, 5.74) is 0.604. The standard InChI is InChI=1S/C18H18FN5O/c19-15-6-3-7-17(21-15)24-10-8-23(9-11-24)12-16-20-14-5-2-1-4-13(14)18(25)22-16/h1-7H,8-12H2,(H,20,22,25). The van der Waals surface area contributed by atoms with E-state index in [0.717, 1.165) is 26.2 Å². The van der Waals surface area contributed by atoms with Gasteiger partial charge < -0.3 is 9.88 Å². The fraction of sp³-hybridized carbons (Fsp3) is 0.278. The van der Waals surface area contributed by atoms with Gasteiger partial charge in [0.1, 0.15) is 11.6 Å². The quantitative estimate of drug-likeness (QED) is 0.737. The second kappa shape index (κ2) is 6.60. The van der Waals surface area contributed by atoms with Crippen LogP contribution in [0.25, 0.3) is 10.9 Å². The average molecular weight is 339 g/mol. The Hall–Kier alpha value is -2.80. The van der Waals surface area contributed by atoms with E-state index in [-0.39, 0.29) is 5.56 Å². The summed E-state index contributed by atoms with van der Waals surface area (Å²) in [4.78, 5) is 27.8. The van der Waals surface area contributed by atoms with Gasteiger partial charge in [0.15, 0.2) is 0 Å². The number of hydrogen-bond acceptors (Lipinski definition) is 5. The van der Waals surface area contributed by atoms with Crippen molar-refractivity contribution in [3.8, 4) is 0 Å². The predicted molar refractivity (Wildman–Crippen MR) is 94.0 cm³/mol. The number of piperazine rings is 1. The summed E-state index contributed by atoms with van der Waals surface area (Å²) >= 11 is 0. The van der Waals surface area contributed by atoms with Gasteiger partial charge in [-0.25, -0.2) is 9.97 Å². The highest BCUT2D eigenvalue weighted by molar-refractivity contribution is 5.77. The van der Waals surface area contributed by atoms with Gasteiger partial charge in [-0.1, -0.05) is 18.2 Å². The molecule has 0 spiro atoms. The Balaban J connectivity index is 1.44. The van der Waals surface area contributed by atoms with Crippen LogP contribution in [-0.2, 0) is 6.54 Å². The van der Waals surface area contributed by atoms with E-state index in [1.807, 2.05) is 24.3 Å². The van der Waals surface area contributed by atoms with E-state index in [2.05, 4.69) is 24.8 Å². The minimum Gasteiger partial charge on any atom is -0.354 e. The van der Waals surface area contributed by atoms with Gasteiger partial charge in [0, 0.05) is 26.2 Å². The summed E-state index contributed by atoms with van der Waals surface area (Å²) < 4.78 is 13.3. The van der Waals surface area contributed by atoms with Crippen LogP contribution in [0.4, 0.5) is 10.2 Å². The highest BCUT2D eigenvalue weighted by Crippen LogP contribution is 2.15. The molecule has 128 valence electrons. The molecule has 7 heteroatoms. The number of H-pyrrole nitrogens is 1. The number of pyridine rings is 1. The summed E-state index contributed by atoms with van der Waals surface area (Å²) in [6.07, 6.45) is 0. The summed E-state index contributed by atoms with van der Waals surface area (Å²) in [5, 5.41) is 0.605. The first-order chi connectivity index (χ1) is 12.2. The molecule has 0 unspecified atom stereocenters. The molecule has 0 atom stereocenters. The molecular formula is C18H18FN5O. The maximum Gasteiger partial charge on any atom is 0.258 e. The SMILES string of the molecule is O=c1[nH]c(CN2CCN(c3cccc(F)n3)CC2)nc2ccccc12. The van der Waals surface area contributed by atoms with Crippen molar-refractivity contribution < 1.29 is 4.39 Å². The molecule has 1 N–H and O–H groups in total. The summed E-state index contributed by atoms with van der Waals surface area (Å²) in [5.74, 6) is 0.871. The summed E-state index contributed by atoms with van der Waals surface area (Å²) in [7, 11) is 0. The second-order valence-corrected chi connectivity index (χ2v) is 6.11. The van der Waals surface area contributed by atoms with Gasteiger partial charge in [-0.2, -0.15) is 4.39 Å². The normalized spacial score (nSPS) is 15.6. The number of hydrogen-bond donors (Lipinski definition) is 1. The first-order valence-corrected chi connectivity index (χ1v) is 8.27. The number of anilines is 1. The predicted octanol–water partition coefficient (Wildman–Crippen LogP) is 1.78. The topological polar surface area (TPSA) is 65.1 Å². The molecule has 0 bridgehead atoms. The molecule has 2 aromatic heterocycles. The van der Waals surface area contributed by atoms with Crippen molar-refractivity contribution in [2.75, 3.05) is 31.1 Å². The number of nitrogens with zero attached hydrogens (tertiary/aromatic N) is 4. The molecule has 25 heavy (non-hydrogen) atoms. The first kappa shape index (κ1) is 15.7. The molecule has 4 rings (SSSR count). The molecule has 3 aromatic rings. The Morgan fingerprint density at radius 1 is 1.00 bits per heavy atom. The van der Waals surface area contributed by atoms with Gasteiger partial charge in [0.25, 0.3) is 5.56 Å². The fourth-order valence-electron chi connectivity index (χ4n) is 3.13. The number of para-hydroxylation sites is 1. The van der Waals surface area contributed by atoms with Gasteiger partial charge in [-0.3, -0.25) is 9.69 Å². The largest absolute Gasteiger partial charge is 0.354 e. The lowest BCUT2D eigenvalue weighted by Gasteiger charge is -2.35. The van der Waals surface area contributed by atoms with E-state index < -0.39 is 5.95 Å². The number of fused-ring (bicyclic) bond motifs is 1. The van der Waals surface area contributed by atoms with Crippen LogP contribution in [0.15, 0.2) is 47.3 Å². The van der Waals surface area contributed by atoms with E-state index in [9.17, 15) is 9.18 Å². The lowest BCUT2D eigenvalue weighted by Crippen LogP contribution is -2.46. The van der Waals surface area contributed by atoms with Gasteiger partial charge in [-0.15, -0.1) is 0 Å². The van der Waals surface area contributed by atoms with Gasteiger partial charge in [0.2, 0.25) is 5.95 Å². The number of nitrogens with one attached hydrogen (secondary N) is 1. The van der Waals surface area contributed by atoms with Crippen molar-refractivity contribution in [3.63, 3.8) is 0 Å². The Labute approximate surface area is 143 Å². The van der Waals surface area contributed by atoms with E-state index in [1.165, 1.54) is 6.07 Å². The lowest BCUT2D eigenvalue weighted by molar-refractivity contribution is 0.243. The molecule has 1 aliphatic heterocycles. The lowest BCUT2D eigenvalue weighted by atomic mass is 10.2. The third-order valence-corrected chi connectivity index (χ3v) is 4.43. The first-order valence-electron chi connectivity index (χ1n) is 8.27. The molecule has 1 aromatic carbocycles. The number of halogens is 1. The number of benzene rings is 1. The van der Waals surface area contributed by atoms with Crippen LogP contribution in [0.1, 0.15) is 5.82 Å². The summed E-state index contributed by atoms with van der Waals surface area (Å²) in [6.45, 7) is 3.70.